The maximum atomic E-state index is 13.6. The van der Waals surface area contributed by atoms with Gasteiger partial charge in [0.05, 0.1) is 14.2 Å². The van der Waals surface area contributed by atoms with Gasteiger partial charge in [-0.3, -0.25) is 0 Å². The third-order valence-electron chi connectivity index (χ3n) is 3.20. The Labute approximate surface area is 118 Å². The number of benzene rings is 2. The fourth-order valence-corrected chi connectivity index (χ4v) is 2.26. The molecule has 0 aromatic heterocycles. The fourth-order valence-electron chi connectivity index (χ4n) is 2.26. The van der Waals surface area contributed by atoms with E-state index in [0.29, 0.717) is 11.5 Å². The van der Waals surface area contributed by atoms with Crippen LogP contribution in [0.3, 0.4) is 0 Å². The standard InChI is InChI=1S/C16H18FNO2/c1-10(18)12-8-7-11(17)9-14(12)13-5-4-6-15(19-2)16(13)20-3/h4-10H,18H2,1-3H3. The first-order chi connectivity index (χ1) is 9.58. The van der Waals surface area contributed by atoms with E-state index in [-0.39, 0.29) is 11.9 Å². The third-order valence-corrected chi connectivity index (χ3v) is 3.20. The summed E-state index contributed by atoms with van der Waals surface area (Å²) in [6.07, 6.45) is 0. The molecule has 0 fully saturated rings. The van der Waals surface area contributed by atoms with Gasteiger partial charge in [0, 0.05) is 11.6 Å². The van der Waals surface area contributed by atoms with Gasteiger partial charge in [0.1, 0.15) is 5.82 Å². The zero-order chi connectivity index (χ0) is 14.7. The molecule has 1 unspecified atom stereocenters. The molecular weight excluding hydrogens is 257 g/mol. The van der Waals surface area contributed by atoms with Gasteiger partial charge in [-0.15, -0.1) is 0 Å². The summed E-state index contributed by atoms with van der Waals surface area (Å²) in [4.78, 5) is 0. The second kappa shape index (κ2) is 5.92. The first-order valence-electron chi connectivity index (χ1n) is 6.35. The Morgan fingerprint density at radius 2 is 1.80 bits per heavy atom. The van der Waals surface area contributed by atoms with Crippen molar-refractivity contribution in [2.24, 2.45) is 5.73 Å². The number of halogens is 1. The van der Waals surface area contributed by atoms with Gasteiger partial charge in [0.2, 0.25) is 0 Å². The SMILES string of the molecule is COc1cccc(-c2cc(F)ccc2C(C)N)c1OC. The molecule has 0 spiro atoms. The van der Waals surface area contributed by atoms with E-state index >= 15 is 0 Å². The van der Waals surface area contributed by atoms with E-state index in [2.05, 4.69) is 0 Å². The Balaban J connectivity index is 2.70. The van der Waals surface area contributed by atoms with Gasteiger partial charge >= 0.3 is 0 Å². The van der Waals surface area contributed by atoms with Gasteiger partial charge < -0.3 is 15.2 Å². The highest BCUT2D eigenvalue weighted by molar-refractivity contribution is 5.76. The van der Waals surface area contributed by atoms with Gasteiger partial charge in [-0.05, 0) is 36.2 Å². The van der Waals surface area contributed by atoms with E-state index in [1.807, 2.05) is 19.1 Å². The number of methoxy groups -OCH3 is 2. The van der Waals surface area contributed by atoms with Crippen molar-refractivity contribution in [3.05, 3.63) is 47.8 Å². The average Bonchev–Trinajstić information content (AvgIpc) is 2.45. The summed E-state index contributed by atoms with van der Waals surface area (Å²) in [5.74, 6) is 0.863. The molecule has 2 rings (SSSR count). The molecule has 2 N–H and O–H groups in total. The topological polar surface area (TPSA) is 44.5 Å². The van der Waals surface area contributed by atoms with Crippen LogP contribution in [0, 0.1) is 5.82 Å². The maximum absolute atomic E-state index is 13.6. The molecule has 0 aliphatic carbocycles. The minimum Gasteiger partial charge on any atom is -0.493 e. The average molecular weight is 275 g/mol. The Kier molecular flexibility index (Phi) is 4.25. The molecule has 2 aromatic carbocycles. The lowest BCUT2D eigenvalue weighted by atomic mass is 9.95. The summed E-state index contributed by atoms with van der Waals surface area (Å²) in [6.45, 7) is 1.86. The maximum Gasteiger partial charge on any atom is 0.168 e. The monoisotopic (exact) mass is 275 g/mol. The van der Waals surface area contributed by atoms with Crippen LogP contribution >= 0.6 is 0 Å². The van der Waals surface area contributed by atoms with Crippen LogP contribution in [-0.2, 0) is 0 Å². The van der Waals surface area contributed by atoms with Crippen molar-refractivity contribution >= 4 is 0 Å². The van der Waals surface area contributed by atoms with Crippen molar-refractivity contribution in [2.45, 2.75) is 13.0 Å². The zero-order valence-corrected chi connectivity index (χ0v) is 11.8. The molecule has 0 amide bonds. The van der Waals surface area contributed by atoms with E-state index in [1.165, 1.54) is 12.1 Å². The summed E-state index contributed by atoms with van der Waals surface area (Å²) in [5, 5.41) is 0. The molecule has 0 aliphatic rings. The molecule has 20 heavy (non-hydrogen) atoms. The van der Waals surface area contributed by atoms with Crippen molar-refractivity contribution in [1.82, 2.24) is 0 Å². The van der Waals surface area contributed by atoms with E-state index in [1.54, 1.807) is 26.4 Å². The van der Waals surface area contributed by atoms with Crippen LogP contribution < -0.4 is 15.2 Å². The Morgan fingerprint density at radius 1 is 1.05 bits per heavy atom. The number of hydrogen-bond acceptors (Lipinski definition) is 3. The molecule has 2 aromatic rings. The van der Waals surface area contributed by atoms with Crippen LogP contribution in [0.15, 0.2) is 36.4 Å². The zero-order valence-electron chi connectivity index (χ0n) is 11.8. The van der Waals surface area contributed by atoms with Crippen molar-refractivity contribution in [2.75, 3.05) is 14.2 Å². The lowest BCUT2D eigenvalue weighted by Crippen LogP contribution is -2.07. The Hall–Kier alpha value is -2.07. The van der Waals surface area contributed by atoms with Crippen LogP contribution in [-0.4, -0.2) is 14.2 Å². The second-order valence-electron chi connectivity index (χ2n) is 4.56. The molecule has 0 heterocycles. The highest BCUT2D eigenvalue weighted by Gasteiger charge is 2.16. The highest BCUT2D eigenvalue weighted by atomic mass is 19.1. The molecule has 0 aliphatic heterocycles. The van der Waals surface area contributed by atoms with Gasteiger partial charge in [0.25, 0.3) is 0 Å². The van der Waals surface area contributed by atoms with Crippen LogP contribution in [0.25, 0.3) is 11.1 Å². The highest BCUT2D eigenvalue weighted by Crippen LogP contribution is 2.40. The summed E-state index contributed by atoms with van der Waals surface area (Å²) < 4.78 is 24.3. The second-order valence-corrected chi connectivity index (χ2v) is 4.56. The van der Waals surface area contributed by atoms with E-state index in [9.17, 15) is 4.39 Å². The van der Waals surface area contributed by atoms with Crippen molar-refractivity contribution in [3.63, 3.8) is 0 Å². The third kappa shape index (κ3) is 2.60. The lowest BCUT2D eigenvalue weighted by molar-refractivity contribution is 0.356. The minimum absolute atomic E-state index is 0.207. The fraction of sp³-hybridized carbons (Fsp3) is 0.250. The lowest BCUT2D eigenvalue weighted by Gasteiger charge is -2.17. The van der Waals surface area contributed by atoms with E-state index in [4.69, 9.17) is 15.2 Å². The molecular formula is C16H18FNO2. The van der Waals surface area contributed by atoms with Gasteiger partial charge in [0.15, 0.2) is 11.5 Å². The summed E-state index contributed by atoms with van der Waals surface area (Å²) in [6, 6.07) is 9.88. The summed E-state index contributed by atoms with van der Waals surface area (Å²) >= 11 is 0. The predicted molar refractivity (Wildman–Crippen MR) is 77.5 cm³/mol. The first kappa shape index (κ1) is 14.3. The van der Waals surface area contributed by atoms with Gasteiger partial charge in [-0.1, -0.05) is 18.2 Å². The van der Waals surface area contributed by atoms with Crippen molar-refractivity contribution in [1.29, 1.82) is 0 Å². The number of nitrogens with two attached hydrogens (primary N) is 1. The van der Waals surface area contributed by atoms with E-state index in [0.717, 1.165) is 16.7 Å². The van der Waals surface area contributed by atoms with Gasteiger partial charge in [-0.2, -0.15) is 0 Å². The number of para-hydroxylation sites is 1. The minimum atomic E-state index is -0.311. The van der Waals surface area contributed by atoms with Crippen LogP contribution in [0.1, 0.15) is 18.5 Å². The predicted octanol–water partition coefficient (Wildman–Crippen LogP) is 3.53. The molecule has 4 heteroatoms. The molecule has 3 nitrogen and oxygen atoms in total. The molecule has 0 bridgehead atoms. The summed E-state index contributed by atoms with van der Waals surface area (Å²) in [7, 11) is 3.13. The first-order valence-corrected chi connectivity index (χ1v) is 6.35. The number of hydrogen-bond donors (Lipinski definition) is 1. The molecule has 0 saturated heterocycles. The van der Waals surface area contributed by atoms with Crippen LogP contribution in [0.5, 0.6) is 11.5 Å². The molecule has 0 radical (unpaired) electrons. The summed E-state index contributed by atoms with van der Waals surface area (Å²) in [5.41, 5.74) is 8.31. The number of ether oxygens (including phenoxy) is 2. The van der Waals surface area contributed by atoms with Crippen LogP contribution in [0.2, 0.25) is 0 Å². The van der Waals surface area contributed by atoms with Crippen molar-refractivity contribution in [3.8, 4) is 22.6 Å². The van der Waals surface area contributed by atoms with Crippen molar-refractivity contribution < 1.29 is 13.9 Å². The largest absolute Gasteiger partial charge is 0.493 e. The van der Waals surface area contributed by atoms with E-state index < -0.39 is 0 Å². The molecule has 1 atom stereocenters. The number of rotatable bonds is 4. The van der Waals surface area contributed by atoms with Gasteiger partial charge in [-0.25, -0.2) is 4.39 Å². The molecule has 0 saturated carbocycles. The Morgan fingerprint density at radius 3 is 2.40 bits per heavy atom. The van der Waals surface area contributed by atoms with Crippen LogP contribution in [0.4, 0.5) is 4.39 Å². The smallest absolute Gasteiger partial charge is 0.168 e. The molecule has 106 valence electrons. The normalized spacial score (nSPS) is 12.1. The quantitative estimate of drug-likeness (QED) is 0.928. The Bertz CT molecular complexity index is 611.